The summed E-state index contributed by atoms with van der Waals surface area (Å²) in [6, 6.07) is 17.0. The van der Waals surface area contributed by atoms with Crippen molar-refractivity contribution < 1.29 is 0 Å². The Morgan fingerprint density at radius 1 is 0.767 bits per heavy atom. The third kappa shape index (κ3) is 4.26. The molecule has 158 valence electrons. The number of rotatable bonds is 10. The molecule has 30 heavy (non-hydrogen) atoms. The van der Waals surface area contributed by atoms with Crippen molar-refractivity contribution in [1.29, 1.82) is 0 Å². The van der Waals surface area contributed by atoms with Gasteiger partial charge in [-0.15, -0.1) is 0 Å². The largest absolute Gasteiger partial charge is 0.326 e. The van der Waals surface area contributed by atoms with Crippen LogP contribution in [0.5, 0.6) is 0 Å². The van der Waals surface area contributed by atoms with E-state index in [0.29, 0.717) is 0 Å². The zero-order chi connectivity index (χ0) is 20.9. The van der Waals surface area contributed by atoms with E-state index >= 15 is 0 Å². The average Bonchev–Trinajstić information content (AvgIpc) is 3.29. The van der Waals surface area contributed by atoms with Crippen LogP contribution in [0.3, 0.4) is 0 Å². The number of unbranched alkanes of at least 4 members (excludes halogenated alkanes) is 3. The molecule has 0 amide bonds. The maximum Gasteiger partial charge on any atom is 0.129 e. The Hall–Kier alpha value is -2.66. The van der Waals surface area contributed by atoms with Gasteiger partial charge in [0, 0.05) is 6.54 Å². The molecule has 2 aromatic heterocycles. The molecule has 0 fully saturated rings. The summed E-state index contributed by atoms with van der Waals surface area (Å²) in [5.41, 5.74) is 4.56. The van der Waals surface area contributed by atoms with Crippen LogP contribution < -0.4 is 0 Å². The van der Waals surface area contributed by atoms with Gasteiger partial charge in [0.05, 0.1) is 35.2 Å². The van der Waals surface area contributed by atoms with Gasteiger partial charge in [-0.3, -0.25) is 4.90 Å². The molecule has 0 aliphatic carbocycles. The van der Waals surface area contributed by atoms with E-state index in [9.17, 15) is 0 Å². The molecule has 5 nitrogen and oxygen atoms in total. The summed E-state index contributed by atoms with van der Waals surface area (Å²) in [6.07, 6.45) is 5.01. The number of fused-ring (bicyclic) bond motifs is 2. The molecule has 0 atom stereocenters. The van der Waals surface area contributed by atoms with Gasteiger partial charge in [0.15, 0.2) is 0 Å². The molecule has 2 heterocycles. The molecule has 0 spiro atoms. The summed E-state index contributed by atoms with van der Waals surface area (Å²) in [6.45, 7) is 8.04. The molecule has 0 unspecified atom stereocenters. The van der Waals surface area contributed by atoms with Gasteiger partial charge in [-0.1, -0.05) is 57.4 Å². The summed E-state index contributed by atoms with van der Waals surface area (Å²) >= 11 is 0. The fraction of sp³-hybridized carbons (Fsp3) is 0.440. The van der Waals surface area contributed by atoms with Crippen LogP contribution in [0.2, 0.25) is 0 Å². The highest BCUT2D eigenvalue weighted by molar-refractivity contribution is 5.77. The van der Waals surface area contributed by atoms with E-state index in [2.05, 4.69) is 83.5 Å². The third-order valence-electron chi connectivity index (χ3n) is 5.95. The van der Waals surface area contributed by atoms with Gasteiger partial charge in [0.25, 0.3) is 0 Å². The van der Waals surface area contributed by atoms with Crippen molar-refractivity contribution in [1.82, 2.24) is 24.0 Å². The molecule has 4 aromatic rings. The quantitative estimate of drug-likeness (QED) is 0.330. The van der Waals surface area contributed by atoms with E-state index in [1.807, 2.05) is 0 Å². The van der Waals surface area contributed by atoms with Crippen LogP contribution in [0.4, 0.5) is 0 Å². The first-order valence-electron chi connectivity index (χ1n) is 11.3. The number of aromatic nitrogens is 4. The first-order valence-corrected chi connectivity index (χ1v) is 11.3. The molecule has 0 radical (unpaired) electrons. The summed E-state index contributed by atoms with van der Waals surface area (Å²) in [4.78, 5) is 12.3. The predicted octanol–water partition coefficient (Wildman–Crippen LogP) is 5.47. The monoisotopic (exact) mass is 403 g/mol. The molecule has 0 bridgehead atoms. The van der Waals surface area contributed by atoms with Crippen LogP contribution in [-0.2, 0) is 19.6 Å². The zero-order valence-electron chi connectivity index (χ0n) is 18.5. The van der Waals surface area contributed by atoms with Crippen LogP contribution in [0, 0.1) is 0 Å². The van der Waals surface area contributed by atoms with Gasteiger partial charge in [-0.05, 0) is 44.3 Å². The Morgan fingerprint density at radius 2 is 1.40 bits per heavy atom. The molecular formula is C25H33N5. The number of hydrogen-bond donors (Lipinski definition) is 0. The number of para-hydroxylation sites is 4. The number of imidazole rings is 2. The summed E-state index contributed by atoms with van der Waals surface area (Å²) in [7, 11) is 2.15. The van der Waals surface area contributed by atoms with Crippen molar-refractivity contribution in [2.45, 2.75) is 59.2 Å². The Balaban J connectivity index is 1.73. The highest BCUT2D eigenvalue weighted by Gasteiger charge is 2.16. The fourth-order valence-corrected chi connectivity index (χ4v) is 4.11. The zero-order valence-corrected chi connectivity index (χ0v) is 18.5. The fourth-order valence-electron chi connectivity index (χ4n) is 4.11. The Kier molecular flexibility index (Phi) is 6.48. The van der Waals surface area contributed by atoms with Crippen molar-refractivity contribution in [3.05, 3.63) is 60.2 Å². The molecule has 4 rings (SSSR count). The number of benzene rings is 2. The van der Waals surface area contributed by atoms with Gasteiger partial charge in [0.2, 0.25) is 0 Å². The van der Waals surface area contributed by atoms with Crippen LogP contribution in [0.25, 0.3) is 22.1 Å². The summed E-state index contributed by atoms with van der Waals surface area (Å²) < 4.78 is 4.78. The minimum absolute atomic E-state index is 0.746. The molecule has 0 aliphatic heterocycles. The average molecular weight is 404 g/mol. The summed E-state index contributed by atoms with van der Waals surface area (Å²) in [5.74, 6) is 2.22. The predicted molar refractivity (Wildman–Crippen MR) is 125 cm³/mol. The first-order chi connectivity index (χ1) is 14.7. The van der Waals surface area contributed by atoms with Gasteiger partial charge in [0.1, 0.15) is 11.6 Å². The van der Waals surface area contributed by atoms with Crippen molar-refractivity contribution in [2.24, 2.45) is 0 Å². The smallest absolute Gasteiger partial charge is 0.129 e. The Labute approximate surface area is 179 Å². The lowest BCUT2D eigenvalue weighted by Crippen LogP contribution is -2.21. The van der Waals surface area contributed by atoms with Gasteiger partial charge >= 0.3 is 0 Å². The van der Waals surface area contributed by atoms with Crippen LogP contribution in [-0.4, -0.2) is 37.6 Å². The van der Waals surface area contributed by atoms with Gasteiger partial charge in [-0.2, -0.15) is 0 Å². The third-order valence-corrected chi connectivity index (χ3v) is 5.95. The van der Waals surface area contributed by atoms with E-state index in [4.69, 9.17) is 9.97 Å². The van der Waals surface area contributed by atoms with Crippen LogP contribution in [0.15, 0.2) is 48.5 Å². The molecule has 0 saturated carbocycles. The Morgan fingerprint density at radius 3 is 2.07 bits per heavy atom. The minimum Gasteiger partial charge on any atom is -0.326 e. The van der Waals surface area contributed by atoms with Gasteiger partial charge < -0.3 is 9.13 Å². The second kappa shape index (κ2) is 9.43. The van der Waals surface area contributed by atoms with E-state index in [1.165, 1.54) is 36.7 Å². The highest BCUT2D eigenvalue weighted by Crippen LogP contribution is 2.22. The lowest BCUT2D eigenvalue weighted by Gasteiger charge is -2.16. The normalized spacial score (nSPS) is 11.9. The second-order valence-electron chi connectivity index (χ2n) is 8.16. The molecule has 0 aliphatic rings. The number of hydrogen-bond acceptors (Lipinski definition) is 3. The van der Waals surface area contributed by atoms with Crippen molar-refractivity contribution >= 4 is 22.1 Å². The van der Waals surface area contributed by atoms with Crippen LogP contribution >= 0.6 is 0 Å². The lowest BCUT2D eigenvalue weighted by molar-refractivity contribution is 0.331. The van der Waals surface area contributed by atoms with Crippen molar-refractivity contribution in [3.8, 4) is 0 Å². The highest BCUT2D eigenvalue weighted by atomic mass is 15.2. The Bertz CT molecular complexity index is 1110. The van der Waals surface area contributed by atoms with Crippen molar-refractivity contribution in [2.75, 3.05) is 13.6 Å². The first kappa shape index (κ1) is 20.6. The lowest BCUT2D eigenvalue weighted by atomic mass is 10.2. The SMILES string of the molecule is CCCCCCn1c(Cn2c(CN(C)CC)nc3ccccc32)nc2ccccc21. The molecular weight excluding hydrogens is 370 g/mol. The molecule has 0 saturated heterocycles. The van der Waals surface area contributed by atoms with E-state index in [-0.39, 0.29) is 0 Å². The van der Waals surface area contributed by atoms with E-state index in [0.717, 1.165) is 48.9 Å². The molecule has 2 aromatic carbocycles. The maximum atomic E-state index is 5.03. The van der Waals surface area contributed by atoms with Gasteiger partial charge in [-0.25, -0.2) is 9.97 Å². The van der Waals surface area contributed by atoms with Crippen molar-refractivity contribution in [3.63, 3.8) is 0 Å². The topological polar surface area (TPSA) is 38.9 Å². The number of aryl methyl sites for hydroxylation is 1. The number of nitrogens with zero attached hydrogens (tertiary/aromatic N) is 5. The minimum atomic E-state index is 0.746. The second-order valence-corrected chi connectivity index (χ2v) is 8.16. The molecule has 5 heteroatoms. The summed E-state index contributed by atoms with van der Waals surface area (Å²) in [5, 5.41) is 0. The molecule has 0 N–H and O–H groups in total. The van der Waals surface area contributed by atoms with E-state index < -0.39 is 0 Å². The van der Waals surface area contributed by atoms with Crippen LogP contribution in [0.1, 0.15) is 51.2 Å². The maximum absolute atomic E-state index is 5.03. The standard InChI is InChI=1S/C25H33N5/c1-4-6-7-12-17-29-22-15-10-8-13-20(22)27-25(29)19-30-23-16-11-9-14-21(23)26-24(30)18-28(3)5-2/h8-11,13-16H,4-7,12,17-19H2,1-3H3. The van der Waals surface area contributed by atoms with E-state index in [1.54, 1.807) is 0 Å².